The third-order valence-corrected chi connectivity index (χ3v) is 6.32. The highest BCUT2D eigenvalue weighted by Gasteiger charge is 2.23. The Balaban J connectivity index is 1.31. The lowest BCUT2D eigenvalue weighted by Crippen LogP contribution is -2.26. The van der Waals surface area contributed by atoms with Crippen LogP contribution in [-0.2, 0) is 9.47 Å². The molecule has 35 heavy (non-hydrogen) atoms. The van der Waals surface area contributed by atoms with E-state index in [-0.39, 0.29) is 12.2 Å². The first kappa shape index (κ1) is 23.0. The van der Waals surface area contributed by atoms with E-state index in [4.69, 9.17) is 14.2 Å². The molecule has 2 aliphatic rings. The molecular formula is C26H28N6O3. The van der Waals surface area contributed by atoms with Crippen molar-refractivity contribution in [1.29, 1.82) is 5.26 Å². The van der Waals surface area contributed by atoms with Gasteiger partial charge in [0, 0.05) is 62.8 Å². The Labute approximate surface area is 204 Å². The Hall–Kier alpha value is -3.74. The second kappa shape index (κ2) is 10.7. The van der Waals surface area contributed by atoms with Gasteiger partial charge in [0.05, 0.1) is 30.6 Å². The molecule has 180 valence electrons. The van der Waals surface area contributed by atoms with Crippen LogP contribution in [-0.4, -0.2) is 60.6 Å². The molecule has 1 atom stereocenters. The lowest BCUT2D eigenvalue weighted by atomic mass is 10.1. The van der Waals surface area contributed by atoms with Crippen LogP contribution in [0, 0.1) is 11.3 Å². The molecule has 3 aromatic rings. The zero-order chi connectivity index (χ0) is 24.0. The van der Waals surface area contributed by atoms with Crippen LogP contribution < -0.4 is 15.0 Å². The largest absolute Gasteiger partial charge is 0.489 e. The average molecular weight is 473 g/mol. The van der Waals surface area contributed by atoms with Gasteiger partial charge in [0.1, 0.15) is 23.7 Å². The van der Waals surface area contributed by atoms with Crippen molar-refractivity contribution >= 4 is 17.5 Å². The zero-order valence-electron chi connectivity index (χ0n) is 19.7. The number of ether oxygens (including phenoxy) is 3. The molecule has 9 heteroatoms. The predicted octanol–water partition coefficient (Wildman–Crippen LogP) is 3.94. The summed E-state index contributed by atoms with van der Waals surface area (Å²) in [5.74, 6) is 1.96. The summed E-state index contributed by atoms with van der Waals surface area (Å²) in [5, 5.41) is 13.0. The number of methoxy groups -OCH3 is 1. The summed E-state index contributed by atoms with van der Waals surface area (Å²) in [6, 6.07) is 13.5. The van der Waals surface area contributed by atoms with Crippen LogP contribution in [0.25, 0.3) is 11.3 Å². The molecule has 4 heterocycles. The van der Waals surface area contributed by atoms with Gasteiger partial charge in [0.15, 0.2) is 0 Å². The van der Waals surface area contributed by atoms with E-state index in [9.17, 15) is 5.26 Å². The topological polar surface area (TPSA) is 105 Å². The zero-order valence-corrected chi connectivity index (χ0v) is 19.7. The summed E-state index contributed by atoms with van der Waals surface area (Å²) < 4.78 is 16.9. The number of nitrogens with one attached hydrogen (secondary N) is 1. The molecule has 0 amide bonds. The second-order valence-corrected chi connectivity index (χ2v) is 8.64. The smallest absolute Gasteiger partial charge is 0.227 e. The Morgan fingerprint density at radius 2 is 1.91 bits per heavy atom. The molecule has 9 nitrogen and oxygen atoms in total. The highest BCUT2D eigenvalue weighted by Crippen LogP contribution is 2.29. The molecule has 0 spiro atoms. The lowest BCUT2D eigenvalue weighted by molar-refractivity contribution is 0.0254. The molecule has 2 fully saturated rings. The monoisotopic (exact) mass is 472 g/mol. The number of rotatable bonds is 7. The first-order valence-corrected chi connectivity index (χ1v) is 11.8. The maximum atomic E-state index is 9.70. The second-order valence-electron chi connectivity index (χ2n) is 8.64. The fourth-order valence-corrected chi connectivity index (χ4v) is 4.36. The van der Waals surface area contributed by atoms with Gasteiger partial charge >= 0.3 is 0 Å². The van der Waals surface area contributed by atoms with Gasteiger partial charge in [-0.05, 0) is 36.8 Å². The van der Waals surface area contributed by atoms with E-state index in [0.29, 0.717) is 36.2 Å². The number of nitriles is 1. The van der Waals surface area contributed by atoms with Gasteiger partial charge in [0.2, 0.25) is 5.95 Å². The Bertz CT molecular complexity index is 1210. The van der Waals surface area contributed by atoms with Crippen molar-refractivity contribution in [3.63, 3.8) is 0 Å². The number of benzene rings is 1. The van der Waals surface area contributed by atoms with Crippen LogP contribution in [0.15, 0.2) is 48.8 Å². The Morgan fingerprint density at radius 3 is 2.71 bits per heavy atom. The minimum Gasteiger partial charge on any atom is -0.489 e. The molecule has 0 aliphatic carbocycles. The molecule has 0 radical (unpaired) electrons. The molecule has 1 N–H and O–H groups in total. The first-order valence-electron chi connectivity index (χ1n) is 11.8. The summed E-state index contributed by atoms with van der Waals surface area (Å²) >= 11 is 0. The molecule has 0 bridgehead atoms. The van der Waals surface area contributed by atoms with Crippen LogP contribution >= 0.6 is 0 Å². The van der Waals surface area contributed by atoms with Gasteiger partial charge in [-0.15, -0.1) is 0 Å². The minimum atomic E-state index is 0.0720. The number of nitrogens with zero attached hydrogens (tertiary/aromatic N) is 5. The summed E-state index contributed by atoms with van der Waals surface area (Å²) in [6.07, 6.45) is 6.43. The van der Waals surface area contributed by atoms with Crippen LogP contribution in [0.2, 0.25) is 0 Å². The SMILES string of the molecule is COC1CCN(c2cc(Nc3nccc(-c4ccc(OC5CCOCC5)c(C#N)c4)n3)ccn2)C1. The van der Waals surface area contributed by atoms with Crippen LogP contribution in [0.1, 0.15) is 24.8 Å². The number of aromatic nitrogens is 3. The number of hydrogen-bond donors (Lipinski definition) is 1. The summed E-state index contributed by atoms with van der Waals surface area (Å²) in [6.45, 7) is 3.11. The highest BCUT2D eigenvalue weighted by atomic mass is 16.5. The van der Waals surface area contributed by atoms with Gasteiger partial charge in [-0.25, -0.2) is 15.0 Å². The van der Waals surface area contributed by atoms with Crippen molar-refractivity contribution < 1.29 is 14.2 Å². The van der Waals surface area contributed by atoms with Gasteiger partial charge in [-0.1, -0.05) is 0 Å². The number of pyridine rings is 1. The van der Waals surface area contributed by atoms with E-state index in [1.165, 1.54) is 0 Å². The van der Waals surface area contributed by atoms with Gasteiger partial charge in [-0.3, -0.25) is 0 Å². The lowest BCUT2D eigenvalue weighted by Gasteiger charge is -2.23. The molecule has 1 unspecified atom stereocenters. The number of anilines is 3. The highest BCUT2D eigenvalue weighted by molar-refractivity contribution is 5.66. The van der Waals surface area contributed by atoms with Gasteiger partial charge in [-0.2, -0.15) is 5.26 Å². The summed E-state index contributed by atoms with van der Waals surface area (Å²) in [4.78, 5) is 15.8. The maximum Gasteiger partial charge on any atom is 0.227 e. The maximum absolute atomic E-state index is 9.70. The van der Waals surface area contributed by atoms with Crippen molar-refractivity contribution in [2.24, 2.45) is 0 Å². The Morgan fingerprint density at radius 1 is 1.06 bits per heavy atom. The quantitative estimate of drug-likeness (QED) is 0.547. The third kappa shape index (κ3) is 5.50. The van der Waals surface area contributed by atoms with E-state index < -0.39 is 0 Å². The third-order valence-electron chi connectivity index (χ3n) is 6.32. The summed E-state index contributed by atoms with van der Waals surface area (Å²) in [5.41, 5.74) is 2.88. The van der Waals surface area contributed by atoms with Crippen molar-refractivity contribution in [2.45, 2.75) is 31.5 Å². The molecule has 2 aliphatic heterocycles. The van der Waals surface area contributed by atoms with E-state index in [0.717, 1.165) is 49.4 Å². The van der Waals surface area contributed by atoms with E-state index in [2.05, 4.69) is 31.2 Å². The van der Waals surface area contributed by atoms with Crippen LogP contribution in [0.3, 0.4) is 0 Å². The molecule has 5 rings (SSSR count). The normalized spacial score (nSPS) is 18.3. The van der Waals surface area contributed by atoms with Gasteiger partial charge < -0.3 is 24.4 Å². The van der Waals surface area contributed by atoms with E-state index >= 15 is 0 Å². The van der Waals surface area contributed by atoms with Crippen molar-refractivity contribution in [2.75, 3.05) is 43.6 Å². The predicted molar refractivity (Wildman–Crippen MR) is 132 cm³/mol. The Kier molecular flexibility index (Phi) is 7.02. The fourth-order valence-electron chi connectivity index (χ4n) is 4.36. The van der Waals surface area contributed by atoms with Gasteiger partial charge in [0.25, 0.3) is 0 Å². The molecular weight excluding hydrogens is 444 g/mol. The van der Waals surface area contributed by atoms with E-state index in [1.54, 1.807) is 19.5 Å². The first-order chi connectivity index (χ1) is 17.2. The van der Waals surface area contributed by atoms with Crippen molar-refractivity contribution in [3.8, 4) is 23.1 Å². The molecule has 0 saturated carbocycles. The van der Waals surface area contributed by atoms with Crippen molar-refractivity contribution in [1.82, 2.24) is 15.0 Å². The van der Waals surface area contributed by atoms with Crippen molar-refractivity contribution in [3.05, 3.63) is 54.4 Å². The van der Waals surface area contributed by atoms with Crippen LogP contribution in [0.4, 0.5) is 17.5 Å². The minimum absolute atomic E-state index is 0.0720. The fraction of sp³-hybridized carbons (Fsp3) is 0.385. The summed E-state index contributed by atoms with van der Waals surface area (Å²) in [7, 11) is 1.75. The molecule has 1 aromatic carbocycles. The van der Waals surface area contributed by atoms with Crippen LogP contribution in [0.5, 0.6) is 5.75 Å². The average Bonchev–Trinajstić information content (AvgIpc) is 3.39. The standard InChI is InChI=1S/C26H28N6O3/c1-33-22-6-11-32(17-22)25-15-20(4-9-28-25)30-26-29-10-5-23(31-26)18-2-3-24(19(14-18)16-27)35-21-7-12-34-13-8-21/h2-5,9-10,14-15,21-22H,6-8,11-13,17H2,1H3,(H,28,29,30,31). The molecule has 2 saturated heterocycles. The molecule has 2 aromatic heterocycles. The van der Waals surface area contributed by atoms with E-state index in [1.807, 2.05) is 36.4 Å². The number of hydrogen-bond acceptors (Lipinski definition) is 9.